The molecule has 2 fully saturated rings. The fourth-order valence-corrected chi connectivity index (χ4v) is 5.74. The molecule has 2 aliphatic heterocycles. The van der Waals surface area contributed by atoms with Crippen LogP contribution in [0.1, 0.15) is 0 Å². The lowest BCUT2D eigenvalue weighted by molar-refractivity contribution is -0.385. The van der Waals surface area contributed by atoms with Gasteiger partial charge in [0, 0.05) is 51.4 Å². The molecule has 11 nitrogen and oxygen atoms in total. The zero-order chi connectivity index (χ0) is 20.5. The number of ether oxygens (including phenoxy) is 1. The zero-order valence-electron chi connectivity index (χ0n) is 15.4. The van der Waals surface area contributed by atoms with Crippen molar-refractivity contribution in [3.05, 3.63) is 28.3 Å². The minimum absolute atomic E-state index is 0.142. The Bertz CT molecular complexity index is 951. The molecule has 0 saturated carbocycles. The topological polar surface area (TPSA) is 130 Å². The molecule has 28 heavy (non-hydrogen) atoms. The van der Waals surface area contributed by atoms with E-state index in [-0.39, 0.29) is 63.1 Å². The minimum Gasteiger partial charge on any atom is -0.379 e. The molecule has 1 aromatic rings. The molecule has 1 aromatic carbocycles. The number of benzene rings is 1. The van der Waals surface area contributed by atoms with E-state index in [2.05, 4.69) is 0 Å². The van der Waals surface area contributed by atoms with Crippen LogP contribution in [0.3, 0.4) is 0 Å². The molecule has 2 heterocycles. The SMILES string of the molecule is CS(=O)(=O)N1CCN(c2ccc([N+](=O)[O-])cc2S(=O)(=O)N2CCOCC2)CC1. The van der Waals surface area contributed by atoms with Gasteiger partial charge in [-0.15, -0.1) is 0 Å². The summed E-state index contributed by atoms with van der Waals surface area (Å²) in [6.45, 7) is 1.87. The first-order valence-electron chi connectivity index (χ1n) is 8.67. The smallest absolute Gasteiger partial charge is 0.270 e. The van der Waals surface area contributed by atoms with E-state index in [4.69, 9.17) is 4.74 Å². The van der Waals surface area contributed by atoms with Gasteiger partial charge in [0.05, 0.1) is 30.1 Å². The lowest BCUT2D eigenvalue weighted by Gasteiger charge is -2.36. The summed E-state index contributed by atoms with van der Waals surface area (Å²) in [5, 5.41) is 11.2. The maximum absolute atomic E-state index is 13.2. The summed E-state index contributed by atoms with van der Waals surface area (Å²) >= 11 is 0. The van der Waals surface area contributed by atoms with Crippen LogP contribution < -0.4 is 4.90 Å². The standard InChI is InChI=1S/C15H22N4O7S2/c1-27(22,23)17-6-4-16(5-7-17)14-3-2-13(19(20)21)12-15(14)28(24,25)18-8-10-26-11-9-18/h2-3,12H,4-11H2,1H3. The van der Waals surface area contributed by atoms with Gasteiger partial charge in [-0.25, -0.2) is 16.8 Å². The molecule has 0 amide bonds. The number of non-ortho nitro benzene ring substituents is 1. The number of morpholine rings is 1. The first-order chi connectivity index (χ1) is 13.1. The summed E-state index contributed by atoms with van der Waals surface area (Å²) in [7, 11) is -7.29. The second-order valence-electron chi connectivity index (χ2n) is 6.57. The van der Waals surface area contributed by atoms with Crippen molar-refractivity contribution < 1.29 is 26.5 Å². The maximum atomic E-state index is 13.2. The van der Waals surface area contributed by atoms with Gasteiger partial charge in [-0.1, -0.05) is 0 Å². The second-order valence-corrected chi connectivity index (χ2v) is 10.5. The zero-order valence-corrected chi connectivity index (χ0v) is 17.0. The predicted molar refractivity (Wildman–Crippen MR) is 101 cm³/mol. The van der Waals surface area contributed by atoms with Gasteiger partial charge in [-0.3, -0.25) is 10.1 Å². The highest BCUT2D eigenvalue weighted by Gasteiger charge is 2.33. The Kier molecular flexibility index (Phi) is 5.91. The van der Waals surface area contributed by atoms with Crippen molar-refractivity contribution in [3.8, 4) is 0 Å². The number of piperazine rings is 1. The molecule has 0 aromatic heterocycles. The molecule has 0 unspecified atom stereocenters. The number of rotatable bonds is 5. The van der Waals surface area contributed by atoms with Crippen molar-refractivity contribution in [2.24, 2.45) is 0 Å². The summed E-state index contributed by atoms with van der Waals surface area (Å²) in [6.07, 6.45) is 1.13. The predicted octanol–water partition coefficient (Wildman–Crippen LogP) is -0.303. The number of hydrogen-bond donors (Lipinski definition) is 0. The van der Waals surface area contributed by atoms with Gasteiger partial charge in [0.15, 0.2) is 0 Å². The third kappa shape index (κ3) is 4.27. The third-order valence-electron chi connectivity index (χ3n) is 4.79. The maximum Gasteiger partial charge on any atom is 0.270 e. The molecule has 13 heteroatoms. The van der Waals surface area contributed by atoms with Crippen LogP contribution in [0, 0.1) is 10.1 Å². The number of anilines is 1. The van der Waals surface area contributed by atoms with Crippen LogP contribution in [0.25, 0.3) is 0 Å². The van der Waals surface area contributed by atoms with Gasteiger partial charge in [0.2, 0.25) is 20.0 Å². The van der Waals surface area contributed by atoms with Crippen molar-refractivity contribution in [3.63, 3.8) is 0 Å². The third-order valence-corrected chi connectivity index (χ3v) is 8.02. The highest BCUT2D eigenvalue weighted by molar-refractivity contribution is 7.89. The van der Waals surface area contributed by atoms with E-state index in [0.717, 1.165) is 12.3 Å². The number of nitrogens with zero attached hydrogens (tertiary/aromatic N) is 4. The lowest BCUT2D eigenvalue weighted by Crippen LogP contribution is -2.49. The number of nitro benzene ring substituents is 1. The quantitative estimate of drug-likeness (QED) is 0.456. The van der Waals surface area contributed by atoms with Gasteiger partial charge in [-0.05, 0) is 6.07 Å². The van der Waals surface area contributed by atoms with Crippen molar-refractivity contribution in [2.45, 2.75) is 4.90 Å². The number of sulfonamides is 2. The van der Waals surface area contributed by atoms with Crippen molar-refractivity contribution in [1.82, 2.24) is 8.61 Å². The minimum atomic E-state index is -3.96. The Morgan fingerprint density at radius 3 is 2.11 bits per heavy atom. The molecule has 0 atom stereocenters. The van der Waals surface area contributed by atoms with Crippen LogP contribution >= 0.6 is 0 Å². The van der Waals surface area contributed by atoms with Crippen LogP contribution in [-0.2, 0) is 24.8 Å². The van der Waals surface area contributed by atoms with E-state index >= 15 is 0 Å². The van der Waals surface area contributed by atoms with Gasteiger partial charge >= 0.3 is 0 Å². The van der Waals surface area contributed by atoms with E-state index in [1.165, 1.54) is 20.7 Å². The molecule has 0 aliphatic carbocycles. The molecular formula is C15H22N4O7S2. The molecule has 156 valence electrons. The normalized spacial score (nSPS) is 20.2. The number of hydrogen-bond acceptors (Lipinski definition) is 8. The van der Waals surface area contributed by atoms with E-state index in [0.29, 0.717) is 5.69 Å². The molecule has 3 rings (SSSR count). The Balaban J connectivity index is 1.97. The highest BCUT2D eigenvalue weighted by Crippen LogP contribution is 2.32. The van der Waals surface area contributed by atoms with Crippen molar-refractivity contribution in [2.75, 3.05) is 63.6 Å². The van der Waals surface area contributed by atoms with Gasteiger partial charge in [0.1, 0.15) is 4.90 Å². The molecule has 0 spiro atoms. The average Bonchev–Trinajstić information content (AvgIpc) is 2.67. The highest BCUT2D eigenvalue weighted by atomic mass is 32.2. The fraction of sp³-hybridized carbons (Fsp3) is 0.600. The largest absolute Gasteiger partial charge is 0.379 e. The van der Waals surface area contributed by atoms with Crippen LogP contribution in [0.2, 0.25) is 0 Å². The van der Waals surface area contributed by atoms with E-state index < -0.39 is 25.0 Å². The summed E-state index contributed by atoms with van der Waals surface area (Å²) in [6, 6.07) is 3.75. The average molecular weight is 434 g/mol. The second kappa shape index (κ2) is 7.91. The van der Waals surface area contributed by atoms with Gasteiger partial charge in [-0.2, -0.15) is 8.61 Å². The Hall–Kier alpha value is -1.80. The van der Waals surface area contributed by atoms with Crippen molar-refractivity contribution in [1.29, 1.82) is 0 Å². The van der Waals surface area contributed by atoms with Gasteiger partial charge in [0.25, 0.3) is 5.69 Å². The molecule has 2 saturated heterocycles. The summed E-state index contributed by atoms with van der Waals surface area (Å²) in [5.74, 6) is 0. The Morgan fingerprint density at radius 1 is 0.964 bits per heavy atom. The molecule has 0 bridgehead atoms. The number of nitro groups is 1. The fourth-order valence-electron chi connectivity index (χ4n) is 3.27. The van der Waals surface area contributed by atoms with E-state index in [9.17, 15) is 26.9 Å². The van der Waals surface area contributed by atoms with E-state index in [1.54, 1.807) is 4.90 Å². The van der Waals surface area contributed by atoms with Crippen LogP contribution in [0.15, 0.2) is 23.1 Å². The van der Waals surface area contributed by atoms with Gasteiger partial charge < -0.3 is 9.64 Å². The first kappa shape index (κ1) is 20.9. The van der Waals surface area contributed by atoms with Crippen LogP contribution in [0.5, 0.6) is 0 Å². The molecule has 0 N–H and O–H groups in total. The molecule has 0 radical (unpaired) electrons. The lowest BCUT2D eigenvalue weighted by atomic mass is 10.2. The monoisotopic (exact) mass is 434 g/mol. The first-order valence-corrected chi connectivity index (χ1v) is 12.0. The molecular weight excluding hydrogens is 412 g/mol. The summed E-state index contributed by atoms with van der Waals surface area (Å²) in [4.78, 5) is 12.2. The Labute approximate surface area is 163 Å². The summed E-state index contributed by atoms with van der Waals surface area (Å²) < 4.78 is 57.5. The van der Waals surface area contributed by atoms with Crippen LogP contribution in [-0.4, -0.2) is 89.1 Å². The van der Waals surface area contributed by atoms with E-state index in [1.807, 2.05) is 0 Å². The Morgan fingerprint density at radius 2 is 1.57 bits per heavy atom. The van der Waals surface area contributed by atoms with Crippen LogP contribution in [0.4, 0.5) is 11.4 Å². The van der Waals surface area contributed by atoms with Crippen molar-refractivity contribution >= 4 is 31.4 Å². The molecule has 2 aliphatic rings. The summed E-state index contributed by atoms with van der Waals surface area (Å²) in [5.41, 5.74) is 0.0237.